The Morgan fingerprint density at radius 1 is 1.43 bits per heavy atom. The molecule has 0 aliphatic rings. The van der Waals surface area contributed by atoms with E-state index in [-0.39, 0.29) is 0 Å². The van der Waals surface area contributed by atoms with Gasteiger partial charge in [-0.2, -0.15) is 0 Å². The Balaban J connectivity index is 2.92. The van der Waals surface area contributed by atoms with Crippen LogP contribution in [-0.4, -0.2) is 12.4 Å². The van der Waals surface area contributed by atoms with Crippen molar-refractivity contribution in [2.45, 2.75) is 11.8 Å². The van der Waals surface area contributed by atoms with Crippen molar-refractivity contribution in [3.63, 3.8) is 0 Å². The molecule has 0 aliphatic heterocycles. The van der Waals surface area contributed by atoms with E-state index < -0.39 is 0 Å². The first kappa shape index (κ1) is 11.1. The summed E-state index contributed by atoms with van der Waals surface area (Å²) in [5.41, 5.74) is 7.14. The molecule has 1 aromatic carbocycles. The third-order valence-corrected chi connectivity index (χ3v) is 2.43. The van der Waals surface area contributed by atoms with Gasteiger partial charge in [-0.3, -0.25) is 0 Å². The van der Waals surface area contributed by atoms with Crippen molar-refractivity contribution in [2.24, 2.45) is 0 Å². The molecule has 0 spiro atoms. The maximum atomic E-state index is 8.00. The van der Waals surface area contributed by atoms with E-state index in [0.29, 0.717) is 11.4 Å². The van der Waals surface area contributed by atoms with Crippen LogP contribution in [0.4, 0.5) is 5.69 Å². The molecule has 1 rings (SSSR count). The fourth-order valence-electron chi connectivity index (χ4n) is 1.01. The third kappa shape index (κ3) is 2.52. The lowest BCUT2D eigenvalue weighted by Gasteiger charge is -2.08. The minimum absolute atomic E-state index is 0.555. The van der Waals surface area contributed by atoms with Crippen molar-refractivity contribution < 1.29 is 19.4 Å². The minimum atomic E-state index is 0.555. The van der Waals surface area contributed by atoms with Gasteiger partial charge in [0.1, 0.15) is 5.75 Å². The molecular weight excluding hydrogens is 206 g/mol. The molecule has 0 saturated heterocycles. The van der Waals surface area contributed by atoms with Gasteiger partial charge in [-0.05, 0) is 24.6 Å². The van der Waals surface area contributed by atoms with Crippen LogP contribution in [0.1, 0.15) is 5.56 Å². The number of nitrogen functional groups attached to an aromatic ring is 1. The molecule has 0 aliphatic carbocycles. The highest BCUT2D eigenvalue weighted by Gasteiger charge is 2.07. The molecule has 1 aromatic rings. The topological polar surface area (TPSA) is 73.9 Å². The smallest absolute Gasteiger partial charge is 0.142 e. The predicted octanol–water partition coefficient (Wildman–Crippen LogP) is 2.01. The number of nitrogens with two attached hydrogens (primary N) is 1. The Labute approximate surface area is 85.8 Å². The highest BCUT2D eigenvalue weighted by molar-refractivity contribution is 7.94. The van der Waals surface area contributed by atoms with Crippen molar-refractivity contribution in [3.05, 3.63) is 17.7 Å². The number of aryl methyl sites for hydroxylation is 1. The van der Waals surface area contributed by atoms with E-state index in [1.807, 2.05) is 6.92 Å². The fourth-order valence-corrected chi connectivity index (χ4v) is 1.46. The van der Waals surface area contributed by atoms with Crippen LogP contribution in [-0.2, 0) is 9.37 Å². The maximum absolute atomic E-state index is 8.00. The molecular formula is C8H11NO4S. The van der Waals surface area contributed by atoms with Gasteiger partial charge < -0.3 is 10.5 Å². The maximum Gasteiger partial charge on any atom is 0.142 e. The lowest BCUT2D eigenvalue weighted by atomic mass is 10.2. The van der Waals surface area contributed by atoms with Gasteiger partial charge in [-0.25, -0.2) is 5.26 Å². The normalized spacial score (nSPS) is 10.2. The number of benzene rings is 1. The third-order valence-electron chi connectivity index (χ3n) is 1.68. The summed E-state index contributed by atoms with van der Waals surface area (Å²) < 4.78 is 9.34. The van der Waals surface area contributed by atoms with Crippen molar-refractivity contribution in [3.8, 4) is 5.75 Å². The van der Waals surface area contributed by atoms with Crippen LogP contribution in [0.3, 0.4) is 0 Å². The molecule has 3 N–H and O–H groups in total. The first-order valence-electron chi connectivity index (χ1n) is 3.78. The van der Waals surface area contributed by atoms with Gasteiger partial charge in [0.25, 0.3) is 0 Å². The van der Waals surface area contributed by atoms with E-state index in [1.54, 1.807) is 12.1 Å². The highest BCUT2D eigenvalue weighted by atomic mass is 32.2. The van der Waals surface area contributed by atoms with E-state index in [2.05, 4.69) is 9.37 Å². The average molecular weight is 217 g/mol. The van der Waals surface area contributed by atoms with Crippen LogP contribution in [0.25, 0.3) is 0 Å². The zero-order valence-corrected chi connectivity index (χ0v) is 8.63. The Bertz CT molecular complexity index is 318. The second-order valence-corrected chi connectivity index (χ2v) is 3.33. The van der Waals surface area contributed by atoms with Crippen molar-refractivity contribution >= 4 is 17.7 Å². The van der Waals surface area contributed by atoms with Gasteiger partial charge in [0.15, 0.2) is 0 Å². The minimum Gasteiger partial charge on any atom is -0.495 e. The van der Waals surface area contributed by atoms with Gasteiger partial charge in [-0.1, -0.05) is 5.04 Å². The van der Waals surface area contributed by atoms with Gasteiger partial charge in [0.05, 0.1) is 24.8 Å². The molecule has 0 radical (unpaired) electrons. The second-order valence-electron chi connectivity index (χ2n) is 2.59. The zero-order chi connectivity index (χ0) is 10.6. The van der Waals surface area contributed by atoms with Crippen LogP contribution < -0.4 is 10.5 Å². The van der Waals surface area contributed by atoms with Gasteiger partial charge in [0, 0.05) is 4.90 Å². The van der Waals surface area contributed by atoms with Gasteiger partial charge in [-0.15, -0.1) is 4.33 Å². The molecule has 78 valence electrons. The lowest BCUT2D eigenvalue weighted by Crippen LogP contribution is -1.94. The Kier molecular flexibility index (Phi) is 4.02. The van der Waals surface area contributed by atoms with Crippen LogP contribution in [0.15, 0.2) is 17.0 Å². The van der Waals surface area contributed by atoms with E-state index in [1.165, 1.54) is 7.11 Å². The molecule has 5 nitrogen and oxygen atoms in total. The molecule has 0 fully saturated rings. The zero-order valence-electron chi connectivity index (χ0n) is 7.81. The summed E-state index contributed by atoms with van der Waals surface area (Å²) >= 11 is 0.877. The van der Waals surface area contributed by atoms with Crippen LogP contribution >= 0.6 is 12.0 Å². The predicted molar refractivity (Wildman–Crippen MR) is 52.8 cm³/mol. The number of hydrogen-bond donors (Lipinski definition) is 2. The first-order chi connectivity index (χ1) is 6.69. The first-order valence-corrected chi connectivity index (χ1v) is 4.52. The summed E-state index contributed by atoms with van der Waals surface area (Å²) in [5.74, 6) is 0.555. The summed E-state index contributed by atoms with van der Waals surface area (Å²) in [6.07, 6.45) is 0. The number of rotatable bonds is 4. The van der Waals surface area contributed by atoms with Gasteiger partial charge >= 0.3 is 0 Å². The molecule has 0 atom stereocenters. The molecule has 0 amide bonds. The van der Waals surface area contributed by atoms with Crippen molar-refractivity contribution in [1.29, 1.82) is 0 Å². The summed E-state index contributed by atoms with van der Waals surface area (Å²) in [6.45, 7) is 1.86. The SMILES string of the molecule is COc1cc(SOOO)c(C)cc1N. The van der Waals surface area contributed by atoms with E-state index in [0.717, 1.165) is 22.5 Å². The molecule has 14 heavy (non-hydrogen) atoms. The van der Waals surface area contributed by atoms with Crippen molar-refractivity contribution in [2.75, 3.05) is 12.8 Å². The second kappa shape index (κ2) is 5.06. The summed E-state index contributed by atoms with van der Waals surface area (Å²) in [5, 5.41) is 11.5. The van der Waals surface area contributed by atoms with Crippen LogP contribution in [0.5, 0.6) is 5.75 Å². The fraction of sp³-hybridized carbons (Fsp3) is 0.250. The monoisotopic (exact) mass is 217 g/mol. The van der Waals surface area contributed by atoms with Crippen LogP contribution in [0, 0.1) is 6.92 Å². The molecule has 0 bridgehead atoms. The van der Waals surface area contributed by atoms with E-state index in [9.17, 15) is 0 Å². The Morgan fingerprint density at radius 2 is 2.14 bits per heavy atom. The Morgan fingerprint density at radius 3 is 2.71 bits per heavy atom. The standard InChI is InChI=1S/C8H11NO4S/c1-5-3-6(9)7(11-2)4-8(5)14-13-12-10/h3-4,10H,9H2,1-2H3. The summed E-state index contributed by atoms with van der Waals surface area (Å²) in [4.78, 5) is 0.755. The van der Waals surface area contributed by atoms with E-state index >= 15 is 0 Å². The molecule has 0 aromatic heterocycles. The highest BCUT2D eigenvalue weighted by Crippen LogP contribution is 2.31. The summed E-state index contributed by atoms with van der Waals surface area (Å²) in [7, 11) is 1.53. The quantitative estimate of drug-likeness (QED) is 0.348. The number of anilines is 1. The van der Waals surface area contributed by atoms with Crippen molar-refractivity contribution in [1.82, 2.24) is 0 Å². The average Bonchev–Trinajstić information content (AvgIpc) is 2.17. The Hall–Kier alpha value is -0.950. The number of ether oxygens (including phenoxy) is 1. The molecule has 0 heterocycles. The van der Waals surface area contributed by atoms with E-state index in [4.69, 9.17) is 15.7 Å². The molecule has 0 unspecified atom stereocenters. The lowest BCUT2D eigenvalue weighted by molar-refractivity contribution is -0.432. The molecule has 0 saturated carbocycles. The largest absolute Gasteiger partial charge is 0.495 e. The number of methoxy groups -OCH3 is 1. The molecule has 6 heteroatoms. The number of hydrogen-bond acceptors (Lipinski definition) is 6. The van der Waals surface area contributed by atoms with Crippen LogP contribution in [0.2, 0.25) is 0 Å². The summed E-state index contributed by atoms with van der Waals surface area (Å²) in [6, 6.07) is 3.45. The van der Waals surface area contributed by atoms with Gasteiger partial charge in [0.2, 0.25) is 0 Å².